The van der Waals surface area contributed by atoms with E-state index in [-0.39, 0.29) is 0 Å². The third-order valence-electron chi connectivity index (χ3n) is 1.80. The lowest BCUT2D eigenvalue weighted by Crippen LogP contribution is -2.38. The van der Waals surface area contributed by atoms with Crippen molar-refractivity contribution in [2.75, 3.05) is 0 Å². The maximum atomic E-state index is 5.37. The van der Waals surface area contributed by atoms with Crippen molar-refractivity contribution < 1.29 is 8.23 Å². The second kappa shape index (κ2) is 5.06. The first-order valence-electron chi connectivity index (χ1n) is 4.16. The maximum Gasteiger partial charge on any atom is 0.303 e. The van der Waals surface area contributed by atoms with Crippen LogP contribution in [0.1, 0.15) is 32.6 Å². The van der Waals surface area contributed by atoms with Crippen molar-refractivity contribution in [1.29, 1.82) is 0 Å². The Morgan fingerprint density at radius 2 is 2.00 bits per heavy atom. The van der Waals surface area contributed by atoms with Gasteiger partial charge in [0, 0.05) is 0 Å². The standard InChI is InChI=1S/C6H16O2Si2/c1-2-3-4-5-6-10-7-9-8-10/h10H,2-6,9H2,1H3. The Morgan fingerprint density at radius 1 is 1.20 bits per heavy atom. The molecule has 1 aliphatic rings. The summed E-state index contributed by atoms with van der Waals surface area (Å²) in [5.74, 6) is 0. The van der Waals surface area contributed by atoms with E-state index in [0.29, 0.717) is 0 Å². The predicted molar refractivity (Wildman–Crippen MR) is 46.8 cm³/mol. The summed E-state index contributed by atoms with van der Waals surface area (Å²) in [6, 6.07) is 1.26. The second-order valence-corrected chi connectivity index (χ2v) is 7.07. The van der Waals surface area contributed by atoms with E-state index < -0.39 is 19.3 Å². The normalized spacial score (nSPS) is 26.7. The molecule has 0 atom stereocenters. The van der Waals surface area contributed by atoms with E-state index >= 15 is 0 Å². The van der Waals surface area contributed by atoms with Crippen LogP contribution in [0.15, 0.2) is 0 Å². The first kappa shape index (κ1) is 8.45. The molecule has 2 nitrogen and oxygen atoms in total. The average Bonchev–Trinajstić information content (AvgIpc) is 1.84. The smallest absolute Gasteiger partial charge is 0.303 e. The summed E-state index contributed by atoms with van der Waals surface area (Å²) in [4.78, 5) is 0. The molecule has 0 aliphatic carbocycles. The quantitative estimate of drug-likeness (QED) is 0.456. The van der Waals surface area contributed by atoms with Crippen molar-refractivity contribution >= 4 is 19.3 Å². The molecule has 0 saturated carbocycles. The summed E-state index contributed by atoms with van der Waals surface area (Å²) in [5, 5.41) is 0. The number of hydrogen-bond donors (Lipinski definition) is 0. The van der Waals surface area contributed by atoms with Crippen LogP contribution in [0.5, 0.6) is 0 Å². The summed E-state index contributed by atoms with van der Waals surface area (Å²) in [5.41, 5.74) is 0. The zero-order chi connectivity index (χ0) is 7.23. The van der Waals surface area contributed by atoms with Crippen molar-refractivity contribution in [3.8, 4) is 0 Å². The van der Waals surface area contributed by atoms with Crippen LogP contribution < -0.4 is 0 Å². The Kier molecular flexibility index (Phi) is 4.28. The summed E-state index contributed by atoms with van der Waals surface area (Å²) in [6.45, 7) is 2.24. The lowest BCUT2D eigenvalue weighted by Gasteiger charge is -2.25. The zero-order valence-corrected chi connectivity index (χ0v) is 9.21. The summed E-state index contributed by atoms with van der Waals surface area (Å²) in [7, 11) is -1.40. The minimum atomic E-state index is -0.982. The van der Waals surface area contributed by atoms with E-state index in [0.717, 1.165) is 0 Å². The molecule has 0 spiro atoms. The minimum absolute atomic E-state index is 0.420. The molecule has 10 heavy (non-hydrogen) atoms. The highest BCUT2D eigenvalue weighted by Crippen LogP contribution is 2.11. The summed E-state index contributed by atoms with van der Waals surface area (Å²) in [6.07, 6.45) is 5.40. The SMILES string of the molecule is CCCCCC[SiH]1O[SiH2]O1. The lowest BCUT2D eigenvalue weighted by atomic mass is 10.2. The minimum Gasteiger partial charge on any atom is -0.422 e. The zero-order valence-electron chi connectivity index (χ0n) is 6.64. The molecule has 60 valence electrons. The van der Waals surface area contributed by atoms with E-state index in [4.69, 9.17) is 8.23 Å². The molecule has 1 fully saturated rings. The van der Waals surface area contributed by atoms with Crippen LogP contribution in [0.4, 0.5) is 0 Å². The lowest BCUT2D eigenvalue weighted by molar-refractivity contribution is 0.309. The van der Waals surface area contributed by atoms with Gasteiger partial charge in [0.2, 0.25) is 0 Å². The topological polar surface area (TPSA) is 18.5 Å². The highest BCUT2D eigenvalue weighted by molar-refractivity contribution is 6.64. The number of rotatable bonds is 5. The Bertz CT molecular complexity index is 85.8. The molecule has 0 unspecified atom stereocenters. The van der Waals surface area contributed by atoms with Gasteiger partial charge in [-0.2, -0.15) is 0 Å². The third-order valence-corrected chi connectivity index (χ3v) is 6.74. The van der Waals surface area contributed by atoms with Crippen LogP contribution in [-0.2, 0) is 8.23 Å². The van der Waals surface area contributed by atoms with E-state index in [2.05, 4.69) is 6.92 Å². The Morgan fingerprint density at radius 3 is 2.50 bits per heavy atom. The molecule has 0 amide bonds. The van der Waals surface area contributed by atoms with Crippen molar-refractivity contribution in [2.45, 2.75) is 38.7 Å². The van der Waals surface area contributed by atoms with Gasteiger partial charge in [-0.1, -0.05) is 32.6 Å². The van der Waals surface area contributed by atoms with Crippen molar-refractivity contribution in [3.05, 3.63) is 0 Å². The molecule has 4 heteroatoms. The van der Waals surface area contributed by atoms with E-state index in [1.54, 1.807) is 0 Å². The van der Waals surface area contributed by atoms with Gasteiger partial charge in [0.25, 0.3) is 10.0 Å². The monoisotopic (exact) mass is 176 g/mol. The van der Waals surface area contributed by atoms with Crippen LogP contribution in [0, 0.1) is 0 Å². The van der Waals surface area contributed by atoms with Gasteiger partial charge in [0.05, 0.1) is 0 Å². The predicted octanol–water partition coefficient (Wildman–Crippen LogP) is 0.833. The molecular formula is C6H16O2Si2. The van der Waals surface area contributed by atoms with Crippen LogP contribution in [0.2, 0.25) is 6.04 Å². The fourth-order valence-electron chi connectivity index (χ4n) is 1.07. The molecule has 1 rings (SSSR count). The summed E-state index contributed by atoms with van der Waals surface area (Å²) >= 11 is 0. The molecule has 0 aromatic rings. The van der Waals surface area contributed by atoms with Crippen molar-refractivity contribution in [1.82, 2.24) is 0 Å². The molecule has 0 N–H and O–H groups in total. The molecule has 0 aromatic carbocycles. The third kappa shape index (κ3) is 2.96. The van der Waals surface area contributed by atoms with Crippen molar-refractivity contribution in [2.24, 2.45) is 0 Å². The first-order valence-corrected chi connectivity index (χ1v) is 7.08. The van der Waals surface area contributed by atoms with E-state index in [9.17, 15) is 0 Å². The molecule has 0 bridgehead atoms. The van der Waals surface area contributed by atoms with Gasteiger partial charge < -0.3 is 8.23 Å². The molecule has 0 radical (unpaired) electrons. The van der Waals surface area contributed by atoms with Gasteiger partial charge in [-0.3, -0.25) is 0 Å². The van der Waals surface area contributed by atoms with Gasteiger partial charge in [0.15, 0.2) is 0 Å². The summed E-state index contributed by atoms with van der Waals surface area (Å²) < 4.78 is 10.7. The second-order valence-electron chi connectivity index (χ2n) is 2.73. The Labute approximate surface area is 66.8 Å². The number of unbranched alkanes of at least 4 members (excludes halogenated alkanes) is 3. The molecule has 1 aliphatic heterocycles. The largest absolute Gasteiger partial charge is 0.422 e. The molecule has 0 aromatic heterocycles. The van der Waals surface area contributed by atoms with Crippen LogP contribution in [0.3, 0.4) is 0 Å². The first-order chi connectivity index (χ1) is 4.93. The van der Waals surface area contributed by atoms with Gasteiger partial charge in [0.1, 0.15) is 0 Å². The molecular weight excluding hydrogens is 160 g/mol. The molecule has 1 saturated heterocycles. The fourth-order valence-corrected chi connectivity index (χ4v) is 4.34. The molecule has 1 heterocycles. The van der Waals surface area contributed by atoms with Gasteiger partial charge >= 0.3 is 9.28 Å². The average molecular weight is 176 g/mol. The van der Waals surface area contributed by atoms with Crippen LogP contribution in [-0.4, -0.2) is 19.3 Å². The van der Waals surface area contributed by atoms with Gasteiger partial charge in [-0.15, -0.1) is 0 Å². The fraction of sp³-hybridized carbons (Fsp3) is 1.00. The highest BCUT2D eigenvalue weighted by atomic mass is 28.4. The van der Waals surface area contributed by atoms with Crippen molar-refractivity contribution in [3.63, 3.8) is 0 Å². The van der Waals surface area contributed by atoms with E-state index in [1.165, 1.54) is 31.7 Å². The van der Waals surface area contributed by atoms with Gasteiger partial charge in [-0.25, -0.2) is 0 Å². The Balaban J connectivity index is 1.76. The van der Waals surface area contributed by atoms with Crippen LogP contribution in [0.25, 0.3) is 0 Å². The van der Waals surface area contributed by atoms with E-state index in [1.807, 2.05) is 0 Å². The maximum absolute atomic E-state index is 5.37. The highest BCUT2D eigenvalue weighted by Gasteiger charge is 2.20. The van der Waals surface area contributed by atoms with Crippen LogP contribution >= 0.6 is 0 Å². The Hall–Kier alpha value is 0.354. The van der Waals surface area contributed by atoms with Gasteiger partial charge in [-0.05, 0) is 6.04 Å². The number of hydrogen-bond acceptors (Lipinski definition) is 2.